The monoisotopic (exact) mass is 1210 g/mol. The van der Waals surface area contributed by atoms with Crippen molar-refractivity contribution in [2.75, 3.05) is 86.9 Å². The number of unbranched alkanes of at least 4 members (excludes halogenated alkanes) is 2. The molecule has 1 saturated heterocycles. The van der Waals surface area contributed by atoms with Crippen LogP contribution in [0.5, 0.6) is 11.5 Å². The van der Waals surface area contributed by atoms with Gasteiger partial charge >= 0.3 is 12.1 Å². The maximum atomic E-state index is 14.4. The molecule has 0 radical (unpaired) electrons. The number of hydrogen-bond donors (Lipinski definition) is 5. The van der Waals surface area contributed by atoms with E-state index in [4.69, 9.17) is 38.4 Å². The zero-order valence-electron chi connectivity index (χ0n) is 47.8. The van der Waals surface area contributed by atoms with E-state index in [0.29, 0.717) is 80.4 Å². The van der Waals surface area contributed by atoms with Gasteiger partial charge in [-0.1, -0.05) is 84.8 Å². The highest BCUT2D eigenvalue weighted by Gasteiger charge is 2.37. The van der Waals surface area contributed by atoms with E-state index < -0.39 is 30.0 Å². The van der Waals surface area contributed by atoms with Crippen LogP contribution in [-0.2, 0) is 40.2 Å². The number of carbonyl (C=O) groups is 9. The lowest BCUT2D eigenvalue weighted by Gasteiger charge is -2.31. The Labute approximate surface area is 508 Å². The van der Waals surface area contributed by atoms with Gasteiger partial charge in [0.2, 0.25) is 29.5 Å². The van der Waals surface area contributed by atoms with Crippen LogP contribution < -0.4 is 46.3 Å². The molecule has 0 saturated carbocycles. The summed E-state index contributed by atoms with van der Waals surface area (Å²) in [5, 5.41) is 13.9. The van der Waals surface area contributed by atoms with Crippen LogP contribution in [0.2, 0.25) is 0 Å². The van der Waals surface area contributed by atoms with Crippen molar-refractivity contribution >= 4 is 115 Å². The molecule has 0 bridgehead atoms. The number of likely N-dealkylation sites (N-methyl/N-ethyl adjacent to an activating group) is 1. The predicted molar refractivity (Wildman–Crippen MR) is 328 cm³/mol. The van der Waals surface area contributed by atoms with Crippen LogP contribution >= 0.6 is 23.2 Å². The Morgan fingerprint density at radius 2 is 1.34 bits per heavy atom. The highest BCUT2D eigenvalue weighted by Crippen LogP contribution is 2.48. The van der Waals surface area contributed by atoms with E-state index in [-0.39, 0.29) is 106 Å². The van der Waals surface area contributed by atoms with Crippen LogP contribution in [0.4, 0.5) is 26.7 Å². The standard InChI is InChI=1S/C63H70Cl2N10O11/c1-71-29-31-72(32-30-71)63(84)86-52-34-50-60(47-14-7-5-12-45(47)52)42(35-65)38-75(50)56(79)18-9-17-55(78)74-37-41(25-26-64)59-46-13-6-4-11-44(46)51(33-49(59)74)85-39-40-19-21-43(22-20-40)69-61(82)48(15-10-27-67-62(66)83)70-54(77)36-68-53(76)16-3-2-8-28-73-57(80)23-24-58(73)81/h4-7,11-14,19-26,33-34,41-42,48H,2-3,8-10,15-18,27-32,35-39H2,1H3,(H,68,76)(H,69,82)(H,70,77)(H3,66,67,83)/b26-25+/t41?,42-,48+/m1/s1. The second-order valence-electron chi connectivity index (χ2n) is 21.8. The van der Waals surface area contributed by atoms with Crippen molar-refractivity contribution in [2.45, 2.75) is 82.3 Å². The molecule has 4 aliphatic rings. The third-order valence-electron chi connectivity index (χ3n) is 15.9. The minimum atomic E-state index is -1.04. The average molecular weight is 1210 g/mol. The van der Waals surface area contributed by atoms with Gasteiger partial charge in [0, 0.05) is 136 Å². The summed E-state index contributed by atoms with van der Waals surface area (Å²) in [6.07, 6.45) is 6.43. The number of imide groups is 1. The molecule has 10 amide bonds. The average Bonchev–Trinajstić information content (AvgIpc) is 1.83. The SMILES string of the molecule is CN1CCN(C(=O)Oc2cc3c(c4ccccc24)[C@H](CCl)CN3C(=O)CCCC(=O)N2CC(/C=C/Cl)c3c2cc(OCc2ccc(NC(=O)[C@H](CCCNC(N)=O)NC(=O)CNC(=O)CCCCCN4C(=O)C=CC4=O)cc2)c2ccccc32)CC1. The molecule has 5 aromatic rings. The number of nitrogens with zero attached hydrogens (tertiary/aromatic N) is 5. The zero-order chi connectivity index (χ0) is 60.9. The maximum Gasteiger partial charge on any atom is 0.415 e. The molecule has 1 fully saturated rings. The molecule has 5 aromatic carbocycles. The molecule has 452 valence electrons. The molecule has 0 spiro atoms. The van der Waals surface area contributed by atoms with Crippen LogP contribution in [0.15, 0.2) is 109 Å². The molecular weight excluding hydrogens is 1140 g/mol. The fourth-order valence-electron chi connectivity index (χ4n) is 11.4. The summed E-state index contributed by atoms with van der Waals surface area (Å²) in [6, 6.07) is 24.3. The Morgan fingerprint density at radius 1 is 0.709 bits per heavy atom. The number of ether oxygens (including phenoxy) is 2. The van der Waals surface area contributed by atoms with Crippen molar-refractivity contribution in [1.82, 2.24) is 30.7 Å². The molecule has 0 aromatic heterocycles. The van der Waals surface area contributed by atoms with Crippen molar-refractivity contribution in [3.05, 3.63) is 125 Å². The first-order valence-corrected chi connectivity index (χ1v) is 29.9. The van der Waals surface area contributed by atoms with Gasteiger partial charge in [-0.05, 0) is 78.7 Å². The first-order chi connectivity index (χ1) is 41.6. The fourth-order valence-corrected chi connectivity index (χ4v) is 11.8. The number of nitrogens with one attached hydrogen (secondary N) is 4. The van der Waals surface area contributed by atoms with Crippen molar-refractivity contribution in [1.29, 1.82) is 0 Å². The normalized spacial score (nSPS) is 16.8. The van der Waals surface area contributed by atoms with Crippen molar-refractivity contribution in [2.24, 2.45) is 5.73 Å². The number of carbonyl (C=O) groups excluding carboxylic acids is 9. The van der Waals surface area contributed by atoms with E-state index in [0.717, 1.165) is 56.2 Å². The van der Waals surface area contributed by atoms with Gasteiger partial charge in [0.05, 0.1) is 17.9 Å². The van der Waals surface area contributed by atoms with E-state index >= 15 is 0 Å². The first-order valence-electron chi connectivity index (χ1n) is 29.0. The Morgan fingerprint density at radius 3 is 2.00 bits per heavy atom. The van der Waals surface area contributed by atoms with Gasteiger partial charge in [-0.15, -0.1) is 11.6 Å². The predicted octanol–water partition coefficient (Wildman–Crippen LogP) is 7.51. The quantitative estimate of drug-likeness (QED) is 0.0216. The van der Waals surface area contributed by atoms with Crippen LogP contribution in [0.3, 0.4) is 0 Å². The van der Waals surface area contributed by atoms with Gasteiger partial charge < -0.3 is 56.1 Å². The van der Waals surface area contributed by atoms with Crippen LogP contribution in [-0.4, -0.2) is 146 Å². The molecule has 86 heavy (non-hydrogen) atoms. The number of alkyl halides is 1. The third-order valence-corrected chi connectivity index (χ3v) is 16.4. The third kappa shape index (κ3) is 15.1. The van der Waals surface area contributed by atoms with E-state index in [1.165, 1.54) is 17.7 Å². The van der Waals surface area contributed by atoms with Crippen LogP contribution in [0.25, 0.3) is 21.5 Å². The summed E-state index contributed by atoms with van der Waals surface area (Å²) >= 11 is 12.8. The van der Waals surface area contributed by atoms with E-state index in [2.05, 4.69) is 26.2 Å². The zero-order valence-corrected chi connectivity index (χ0v) is 49.3. The minimum absolute atomic E-state index is 0.0782. The number of rotatable bonds is 25. The molecular formula is C63H70Cl2N10O11. The Kier molecular flexibility index (Phi) is 20.9. The molecule has 4 aliphatic heterocycles. The topological polar surface area (TPSA) is 262 Å². The fraction of sp³-hybridized carbons (Fsp3) is 0.381. The van der Waals surface area contributed by atoms with Crippen molar-refractivity contribution in [3.8, 4) is 11.5 Å². The number of primary amides is 1. The van der Waals surface area contributed by atoms with Gasteiger partial charge in [-0.3, -0.25) is 38.5 Å². The Bertz CT molecular complexity index is 3440. The summed E-state index contributed by atoms with van der Waals surface area (Å²) in [6.45, 7) is 3.39. The Balaban J connectivity index is 0.812. The number of urea groups is 1. The molecule has 21 nitrogen and oxygen atoms in total. The summed E-state index contributed by atoms with van der Waals surface area (Å²) in [5.41, 5.74) is 11.0. The smallest absolute Gasteiger partial charge is 0.415 e. The summed E-state index contributed by atoms with van der Waals surface area (Å²) in [7, 11) is 2.01. The molecule has 23 heteroatoms. The number of amides is 10. The van der Waals surface area contributed by atoms with Crippen molar-refractivity contribution in [3.63, 3.8) is 0 Å². The van der Waals surface area contributed by atoms with Gasteiger partial charge in [0.15, 0.2) is 0 Å². The number of halogens is 2. The molecule has 9 rings (SSSR count). The second kappa shape index (κ2) is 29.0. The van der Waals surface area contributed by atoms with Gasteiger partial charge in [-0.2, -0.15) is 0 Å². The number of fused-ring (bicyclic) bond motifs is 6. The summed E-state index contributed by atoms with van der Waals surface area (Å²) in [5.74, 6) is -1.77. The minimum Gasteiger partial charge on any atom is -0.488 e. The lowest BCUT2D eigenvalue weighted by molar-refractivity contribution is -0.137. The number of anilines is 3. The van der Waals surface area contributed by atoms with Crippen LogP contribution in [0, 0.1) is 0 Å². The highest BCUT2D eigenvalue weighted by molar-refractivity contribution is 6.25. The van der Waals surface area contributed by atoms with Gasteiger partial charge in [0.25, 0.3) is 11.8 Å². The molecule has 6 N–H and O–H groups in total. The lowest BCUT2D eigenvalue weighted by Crippen LogP contribution is -2.48. The number of benzene rings is 5. The summed E-state index contributed by atoms with van der Waals surface area (Å²) in [4.78, 5) is 125. The van der Waals surface area contributed by atoms with Crippen LogP contribution in [0.1, 0.15) is 86.3 Å². The van der Waals surface area contributed by atoms with Gasteiger partial charge in [-0.25, -0.2) is 9.59 Å². The molecule has 1 unspecified atom stereocenters. The number of piperazine rings is 1. The highest BCUT2D eigenvalue weighted by atomic mass is 35.5. The maximum absolute atomic E-state index is 14.4. The Hall–Kier alpha value is -8.53. The van der Waals surface area contributed by atoms with Gasteiger partial charge in [0.1, 0.15) is 24.1 Å². The van der Waals surface area contributed by atoms with E-state index in [1.54, 1.807) is 45.0 Å². The first kappa shape index (κ1) is 62.0. The number of nitrogens with two attached hydrogens (primary N) is 1. The van der Waals surface area contributed by atoms with E-state index in [1.807, 2.05) is 67.7 Å². The lowest BCUT2D eigenvalue weighted by atomic mass is 9.94. The summed E-state index contributed by atoms with van der Waals surface area (Å²) < 4.78 is 12.6. The molecule has 3 atom stereocenters. The number of hydrogen-bond acceptors (Lipinski definition) is 12. The van der Waals surface area contributed by atoms with Crippen molar-refractivity contribution < 1.29 is 52.6 Å². The molecule has 0 aliphatic carbocycles. The van der Waals surface area contributed by atoms with E-state index in [9.17, 15) is 43.2 Å². The largest absolute Gasteiger partial charge is 0.488 e. The second-order valence-corrected chi connectivity index (χ2v) is 22.3. The molecule has 4 heterocycles.